The van der Waals surface area contributed by atoms with E-state index in [1.54, 1.807) is 6.07 Å². The summed E-state index contributed by atoms with van der Waals surface area (Å²) in [5.41, 5.74) is 6.12. The van der Waals surface area contributed by atoms with Gasteiger partial charge in [0.05, 0.1) is 29.9 Å². The lowest BCUT2D eigenvalue weighted by Crippen LogP contribution is -2.24. The first-order chi connectivity index (χ1) is 8.97. The summed E-state index contributed by atoms with van der Waals surface area (Å²) in [6.07, 6.45) is 0.699. The summed E-state index contributed by atoms with van der Waals surface area (Å²) in [6, 6.07) is 4.37. The molecule has 6 nitrogen and oxygen atoms in total. The van der Waals surface area contributed by atoms with Crippen molar-refractivity contribution in [3.63, 3.8) is 0 Å². The molecule has 2 rings (SSSR count). The highest BCUT2D eigenvalue weighted by molar-refractivity contribution is 6.01. The number of nitrogens with one attached hydrogen (secondary N) is 1. The van der Waals surface area contributed by atoms with Gasteiger partial charge >= 0.3 is 5.97 Å². The lowest BCUT2D eigenvalue weighted by molar-refractivity contribution is -0.119. The number of aromatic carboxylic acids is 1. The number of benzene rings is 1. The Morgan fingerprint density at radius 1 is 1.47 bits per heavy atom. The molecule has 1 aromatic rings. The first kappa shape index (κ1) is 13.4. The number of carboxylic acid groups (broad SMARTS) is 1. The molecule has 0 radical (unpaired) electrons. The van der Waals surface area contributed by atoms with Crippen molar-refractivity contribution >= 4 is 23.3 Å². The molecule has 1 amide bonds. The lowest BCUT2D eigenvalue weighted by atomic mass is 10.0. The molecule has 0 saturated carbocycles. The standard InChI is InChI=1S/C13H16N2O4/c1-7-4-8(6-19-7)12(16)15-11-3-2-9(14)5-10(11)13(17)18/h2-3,5,7-8H,4,6,14H2,1H3,(H,15,16)(H,17,18). The van der Waals surface area contributed by atoms with E-state index >= 15 is 0 Å². The van der Waals surface area contributed by atoms with E-state index in [9.17, 15) is 9.59 Å². The monoisotopic (exact) mass is 264 g/mol. The molecular formula is C13H16N2O4. The maximum Gasteiger partial charge on any atom is 0.337 e. The van der Waals surface area contributed by atoms with Crippen molar-refractivity contribution in [2.24, 2.45) is 5.92 Å². The van der Waals surface area contributed by atoms with E-state index in [1.807, 2.05) is 6.92 Å². The number of amides is 1. The van der Waals surface area contributed by atoms with Gasteiger partial charge in [0, 0.05) is 5.69 Å². The van der Waals surface area contributed by atoms with Crippen molar-refractivity contribution in [1.29, 1.82) is 0 Å². The molecule has 1 heterocycles. The fraction of sp³-hybridized carbons (Fsp3) is 0.385. The van der Waals surface area contributed by atoms with Crippen LogP contribution in [0.3, 0.4) is 0 Å². The summed E-state index contributed by atoms with van der Waals surface area (Å²) < 4.78 is 5.32. The molecule has 1 saturated heterocycles. The summed E-state index contributed by atoms with van der Waals surface area (Å²) in [4.78, 5) is 23.1. The zero-order valence-corrected chi connectivity index (χ0v) is 10.6. The summed E-state index contributed by atoms with van der Waals surface area (Å²) in [6.45, 7) is 2.27. The van der Waals surface area contributed by atoms with Crippen LogP contribution in [0.15, 0.2) is 18.2 Å². The molecule has 19 heavy (non-hydrogen) atoms. The highest BCUT2D eigenvalue weighted by Crippen LogP contribution is 2.23. The Hall–Kier alpha value is -2.08. The molecule has 1 aliphatic heterocycles. The van der Waals surface area contributed by atoms with E-state index < -0.39 is 5.97 Å². The average Bonchev–Trinajstić information content (AvgIpc) is 2.78. The minimum Gasteiger partial charge on any atom is -0.478 e. The second-order valence-electron chi connectivity index (χ2n) is 4.68. The third kappa shape index (κ3) is 3.03. The Bertz CT molecular complexity index is 515. The summed E-state index contributed by atoms with van der Waals surface area (Å²) in [5, 5.41) is 11.7. The molecule has 0 aromatic heterocycles. The maximum atomic E-state index is 12.0. The van der Waals surface area contributed by atoms with Crippen LogP contribution in [0.1, 0.15) is 23.7 Å². The Morgan fingerprint density at radius 2 is 2.21 bits per heavy atom. The molecule has 2 atom stereocenters. The van der Waals surface area contributed by atoms with E-state index in [0.717, 1.165) is 0 Å². The molecule has 1 fully saturated rings. The number of nitrogens with two attached hydrogens (primary N) is 1. The molecule has 0 aliphatic carbocycles. The summed E-state index contributed by atoms with van der Waals surface area (Å²) in [7, 11) is 0. The predicted octanol–water partition coefficient (Wildman–Crippen LogP) is 1.33. The lowest BCUT2D eigenvalue weighted by Gasteiger charge is -2.12. The van der Waals surface area contributed by atoms with Gasteiger partial charge in [-0.3, -0.25) is 4.79 Å². The van der Waals surface area contributed by atoms with Crippen LogP contribution in [0, 0.1) is 5.92 Å². The molecule has 1 aromatic carbocycles. The van der Waals surface area contributed by atoms with Gasteiger partial charge in [0.1, 0.15) is 0 Å². The number of anilines is 2. The summed E-state index contributed by atoms with van der Waals surface area (Å²) in [5.74, 6) is -1.59. The minimum atomic E-state index is -1.13. The highest BCUT2D eigenvalue weighted by Gasteiger charge is 2.28. The van der Waals surface area contributed by atoms with E-state index in [-0.39, 0.29) is 29.2 Å². The van der Waals surface area contributed by atoms with Crippen LogP contribution in [-0.2, 0) is 9.53 Å². The number of carboxylic acids is 1. The third-order valence-electron chi connectivity index (χ3n) is 3.10. The van der Waals surface area contributed by atoms with Gasteiger partial charge in [0.2, 0.25) is 5.91 Å². The van der Waals surface area contributed by atoms with Crippen molar-refractivity contribution in [3.05, 3.63) is 23.8 Å². The van der Waals surface area contributed by atoms with E-state index in [4.69, 9.17) is 15.6 Å². The number of ether oxygens (including phenoxy) is 1. The first-order valence-corrected chi connectivity index (χ1v) is 6.02. The molecular weight excluding hydrogens is 248 g/mol. The largest absolute Gasteiger partial charge is 0.478 e. The smallest absolute Gasteiger partial charge is 0.337 e. The van der Waals surface area contributed by atoms with Gasteiger partial charge in [-0.1, -0.05) is 0 Å². The molecule has 1 aliphatic rings. The minimum absolute atomic E-state index is 0.0136. The zero-order chi connectivity index (χ0) is 14.0. The van der Waals surface area contributed by atoms with Gasteiger partial charge in [-0.25, -0.2) is 4.79 Å². The number of carbonyl (C=O) groups is 2. The molecule has 102 valence electrons. The van der Waals surface area contributed by atoms with Gasteiger partial charge < -0.3 is 20.9 Å². The molecule has 0 bridgehead atoms. The third-order valence-corrected chi connectivity index (χ3v) is 3.10. The Labute approximate surface area is 110 Å². The van der Waals surface area contributed by atoms with Crippen LogP contribution >= 0.6 is 0 Å². The molecule has 4 N–H and O–H groups in total. The van der Waals surface area contributed by atoms with Gasteiger partial charge in [0.25, 0.3) is 0 Å². The van der Waals surface area contributed by atoms with Crippen molar-refractivity contribution in [3.8, 4) is 0 Å². The second kappa shape index (κ2) is 5.27. The topological polar surface area (TPSA) is 102 Å². The average molecular weight is 264 g/mol. The van der Waals surface area contributed by atoms with Crippen LogP contribution in [0.4, 0.5) is 11.4 Å². The van der Waals surface area contributed by atoms with Gasteiger partial charge in [-0.15, -0.1) is 0 Å². The Kier molecular flexibility index (Phi) is 3.71. The van der Waals surface area contributed by atoms with Crippen LogP contribution < -0.4 is 11.1 Å². The SMILES string of the molecule is CC1CC(C(=O)Nc2ccc(N)cc2C(=O)O)CO1. The van der Waals surface area contributed by atoms with E-state index in [0.29, 0.717) is 18.7 Å². The number of carbonyl (C=O) groups excluding carboxylic acids is 1. The van der Waals surface area contributed by atoms with Crippen LogP contribution in [0.2, 0.25) is 0 Å². The summed E-state index contributed by atoms with van der Waals surface area (Å²) >= 11 is 0. The number of nitrogen functional groups attached to an aromatic ring is 1. The van der Waals surface area contributed by atoms with Crippen molar-refractivity contribution in [2.75, 3.05) is 17.7 Å². The highest BCUT2D eigenvalue weighted by atomic mass is 16.5. The molecule has 6 heteroatoms. The fourth-order valence-electron chi connectivity index (χ4n) is 2.08. The van der Waals surface area contributed by atoms with Gasteiger partial charge in [0.15, 0.2) is 0 Å². The number of hydrogen-bond acceptors (Lipinski definition) is 4. The predicted molar refractivity (Wildman–Crippen MR) is 70.0 cm³/mol. The normalized spacial score (nSPS) is 22.2. The van der Waals surface area contributed by atoms with Crippen molar-refractivity contribution in [2.45, 2.75) is 19.4 Å². The zero-order valence-electron chi connectivity index (χ0n) is 10.6. The van der Waals surface area contributed by atoms with Crippen LogP contribution in [0.5, 0.6) is 0 Å². The van der Waals surface area contributed by atoms with Crippen LogP contribution in [0.25, 0.3) is 0 Å². The van der Waals surface area contributed by atoms with Gasteiger partial charge in [-0.2, -0.15) is 0 Å². The molecule has 2 unspecified atom stereocenters. The van der Waals surface area contributed by atoms with E-state index in [1.165, 1.54) is 12.1 Å². The number of rotatable bonds is 3. The van der Waals surface area contributed by atoms with Crippen molar-refractivity contribution in [1.82, 2.24) is 0 Å². The quantitative estimate of drug-likeness (QED) is 0.715. The van der Waals surface area contributed by atoms with Gasteiger partial charge in [-0.05, 0) is 31.5 Å². The van der Waals surface area contributed by atoms with E-state index in [2.05, 4.69) is 5.32 Å². The molecule has 0 spiro atoms. The van der Waals surface area contributed by atoms with Crippen LogP contribution in [-0.4, -0.2) is 29.7 Å². The Morgan fingerprint density at radius 3 is 2.79 bits per heavy atom. The Balaban J connectivity index is 2.14. The first-order valence-electron chi connectivity index (χ1n) is 6.02. The van der Waals surface area contributed by atoms with Crippen molar-refractivity contribution < 1.29 is 19.4 Å². The number of hydrogen-bond donors (Lipinski definition) is 3. The maximum absolute atomic E-state index is 12.0. The second-order valence-corrected chi connectivity index (χ2v) is 4.68. The fourth-order valence-corrected chi connectivity index (χ4v) is 2.08.